The summed E-state index contributed by atoms with van der Waals surface area (Å²) in [6.07, 6.45) is 1.88. The van der Waals surface area contributed by atoms with Crippen molar-refractivity contribution in [1.82, 2.24) is 0 Å². The number of hydrogen-bond acceptors (Lipinski definition) is 1. The zero-order valence-electron chi connectivity index (χ0n) is 8.76. The molecule has 0 radical (unpaired) electrons. The SMILES string of the molecule is OCCC[c-]1cccc1.[Zr+2].c1cc[cH-]c1. The molecule has 2 aromatic carbocycles. The van der Waals surface area contributed by atoms with Gasteiger partial charge in [-0.1, -0.05) is 6.42 Å². The summed E-state index contributed by atoms with van der Waals surface area (Å²) in [7, 11) is 0. The van der Waals surface area contributed by atoms with Crippen LogP contribution in [0.4, 0.5) is 0 Å². The Kier molecular flexibility index (Phi) is 9.77. The Morgan fingerprint density at radius 3 is 2.00 bits per heavy atom. The Hall–Kier alpha value is -0.457. The topological polar surface area (TPSA) is 20.2 Å². The standard InChI is InChI=1S/C8H11O.C5H5.Zr/c9-7-3-6-8-4-1-2-5-8;1-2-4-5-3-1;/h1-2,4-5,9H,3,6-7H2;1-5H;/q2*-1;+2. The molecule has 0 unspecified atom stereocenters. The van der Waals surface area contributed by atoms with E-state index >= 15 is 0 Å². The van der Waals surface area contributed by atoms with Crippen molar-refractivity contribution in [2.24, 2.45) is 0 Å². The second-order valence-corrected chi connectivity index (χ2v) is 3.08. The van der Waals surface area contributed by atoms with Gasteiger partial charge < -0.3 is 5.11 Å². The van der Waals surface area contributed by atoms with E-state index in [1.54, 1.807) is 0 Å². The van der Waals surface area contributed by atoms with Crippen molar-refractivity contribution >= 4 is 0 Å². The van der Waals surface area contributed by atoms with Crippen molar-refractivity contribution in [1.29, 1.82) is 0 Å². The molecular weight excluding hydrogens is 263 g/mol. The van der Waals surface area contributed by atoms with E-state index < -0.39 is 0 Å². The first-order chi connectivity index (χ1) is 6.93. The molecule has 0 heterocycles. The maximum Gasteiger partial charge on any atom is 2.00 e. The molecule has 0 saturated heterocycles. The first-order valence-electron chi connectivity index (χ1n) is 4.91. The van der Waals surface area contributed by atoms with Gasteiger partial charge in [-0.3, -0.25) is 0 Å². The molecule has 2 aromatic rings. The molecule has 0 aliphatic heterocycles. The minimum atomic E-state index is 0. The van der Waals surface area contributed by atoms with Gasteiger partial charge in [0.1, 0.15) is 0 Å². The summed E-state index contributed by atoms with van der Waals surface area (Å²) in [5, 5.41) is 8.47. The van der Waals surface area contributed by atoms with E-state index in [1.807, 2.05) is 42.5 Å². The summed E-state index contributed by atoms with van der Waals surface area (Å²) in [6, 6.07) is 18.2. The molecule has 0 amide bonds. The van der Waals surface area contributed by atoms with Crippen molar-refractivity contribution in [3.05, 3.63) is 60.2 Å². The van der Waals surface area contributed by atoms with Gasteiger partial charge in [0.25, 0.3) is 0 Å². The number of rotatable bonds is 3. The second kappa shape index (κ2) is 10.1. The molecule has 0 aromatic heterocycles. The van der Waals surface area contributed by atoms with Crippen LogP contribution in [0.5, 0.6) is 0 Å². The van der Waals surface area contributed by atoms with Gasteiger partial charge in [-0.05, 0) is 6.42 Å². The van der Waals surface area contributed by atoms with Crippen LogP contribution < -0.4 is 0 Å². The van der Waals surface area contributed by atoms with Gasteiger partial charge in [0.2, 0.25) is 0 Å². The van der Waals surface area contributed by atoms with E-state index in [4.69, 9.17) is 5.11 Å². The summed E-state index contributed by atoms with van der Waals surface area (Å²) in [4.78, 5) is 0. The van der Waals surface area contributed by atoms with Crippen molar-refractivity contribution in [3.8, 4) is 0 Å². The Morgan fingerprint density at radius 2 is 1.60 bits per heavy atom. The van der Waals surface area contributed by atoms with Crippen LogP contribution in [0, 0.1) is 0 Å². The third kappa shape index (κ3) is 7.47. The van der Waals surface area contributed by atoms with Crippen LogP contribution in [0.15, 0.2) is 54.6 Å². The third-order valence-corrected chi connectivity index (χ3v) is 1.91. The third-order valence-electron chi connectivity index (χ3n) is 1.91. The van der Waals surface area contributed by atoms with Gasteiger partial charge in [0.05, 0.1) is 0 Å². The molecule has 0 fully saturated rings. The van der Waals surface area contributed by atoms with Gasteiger partial charge in [-0.15, -0.1) is 0 Å². The Morgan fingerprint density at radius 1 is 1.00 bits per heavy atom. The Labute approximate surface area is 111 Å². The summed E-state index contributed by atoms with van der Waals surface area (Å²) >= 11 is 0. The van der Waals surface area contributed by atoms with E-state index in [9.17, 15) is 0 Å². The molecule has 15 heavy (non-hydrogen) atoms. The number of aliphatic hydroxyl groups excluding tert-OH is 1. The molecule has 1 N–H and O–H groups in total. The predicted molar refractivity (Wildman–Crippen MR) is 59.5 cm³/mol. The van der Waals surface area contributed by atoms with Gasteiger partial charge in [0, 0.05) is 6.61 Å². The van der Waals surface area contributed by atoms with E-state index in [1.165, 1.54) is 5.56 Å². The normalized spacial score (nSPS) is 8.60. The van der Waals surface area contributed by atoms with Crippen LogP contribution >= 0.6 is 0 Å². The van der Waals surface area contributed by atoms with Gasteiger partial charge in [-0.25, -0.2) is 24.3 Å². The molecular formula is C13H16OZr. The zero-order chi connectivity index (χ0) is 10.1. The van der Waals surface area contributed by atoms with Gasteiger partial charge in [0.15, 0.2) is 0 Å². The van der Waals surface area contributed by atoms with E-state index in [2.05, 4.69) is 12.1 Å². The van der Waals surface area contributed by atoms with E-state index in [-0.39, 0.29) is 26.2 Å². The molecule has 0 aliphatic rings. The molecule has 1 nitrogen and oxygen atoms in total. The Balaban J connectivity index is 0.000000280. The fourth-order valence-electron chi connectivity index (χ4n) is 1.18. The molecule has 0 aliphatic carbocycles. The molecule has 2 heteroatoms. The summed E-state index contributed by atoms with van der Waals surface area (Å²) < 4.78 is 0. The Bertz CT molecular complexity index is 267. The molecule has 0 spiro atoms. The molecule has 78 valence electrons. The van der Waals surface area contributed by atoms with Crippen molar-refractivity contribution in [2.75, 3.05) is 6.61 Å². The fourth-order valence-corrected chi connectivity index (χ4v) is 1.18. The first-order valence-corrected chi connectivity index (χ1v) is 4.91. The fraction of sp³-hybridized carbons (Fsp3) is 0.231. The molecule has 2 rings (SSSR count). The quantitative estimate of drug-likeness (QED) is 0.857. The molecule has 0 atom stereocenters. The number of hydrogen-bond donors (Lipinski definition) is 1. The minimum absolute atomic E-state index is 0. The smallest absolute Gasteiger partial charge is 0.396 e. The van der Waals surface area contributed by atoms with Crippen LogP contribution in [0.2, 0.25) is 0 Å². The largest absolute Gasteiger partial charge is 2.00 e. The van der Waals surface area contributed by atoms with Crippen molar-refractivity contribution in [3.63, 3.8) is 0 Å². The minimum Gasteiger partial charge on any atom is -0.396 e. The average Bonchev–Trinajstić information content (AvgIpc) is 2.90. The predicted octanol–water partition coefficient (Wildman–Crippen LogP) is 2.73. The number of aliphatic hydroxyl groups is 1. The van der Waals surface area contributed by atoms with E-state index in [0.717, 1.165) is 12.8 Å². The number of aryl methyl sites for hydroxylation is 1. The summed E-state index contributed by atoms with van der Waals surface area (Å²) in [5.41, 5.74) is 1.32. The molecule has 0 saturated carbocycles. The van der Waals surface area contributed by atoms with Gasteiger partial charge in [-0.2, -0.15) is 35.9 Å². The summed E-state index contributed by atoms with van der Waals surface area (Å²) in [5.74, 6) is 0. The molecule has 0 bridgehead atoms. The summed E-state index contributed by atoms with van der Waals surface area (Å²) in [6.45, 7) is 0.297. The van der Waals surface area contributed by atoms with Crippen LogP contribution in [-0.2, 0) is 32.6 Å². The van der Waals surface area contributed by atoms with Crippen molar-refractivity contribution < 1.29 is 31.3 Å². The average molecular weight is 279 g/mol. The first kappa shape index (κ1) is 14.5. The van der Waals surface area contributed by atoms with Crippen molar-refractivity contribution in [2.45, 2.75) is 12.8 Å². The maximum atomic E-state index is 8.47. The van der Waals surface area contributed by atoms with Crippen LogP contribution in [0.25, 0.3) is 0 Å². The monoisotopic (exact) mass is 278 g/mol. The van der Waals surface area contributed by atoms with Gasteiger partial charge >= 0.3 is 26.2 Å². The van der Waals surface area contributed by atoms with Crippen LogP contribution in [-0.4, -0.2) is 11.7 Å². The van der Waals surface area contributed by atoms with E-state index in [0.29, 0.717) is 6.61 Å². The second-order valence-electron chi connectivity index (χ2n) is 3.08. The zero-order valence-corrected chi connectivity index (χ0v) is 11.2. The maximum absolute atomic E-state index is 8.47. The van der Waals surface area contributed by atoms with Crippen LogP contribution in [0.1, 0.15) is 12.0 Å². The van der Waals surface area contributed by atoms with Crippen LogP contribution in [0.3, 0.4) is 0 Å².